The summed E-state index contributed by atoms with van der Waals surface area (Å²) in [4.78, 5) is 12.6. The van der Waals surface area contributed by atoms with Gasteiger partial charge in [0, 0.05) is 18.7 Å². The van der Waals surface area contributed by atoms with Crippen molar-refractivity contribution >= 4 is 17.3 Å². The SMILES string of the molecule is CC(C)CC(C)N(C)Cc1ccc(Cl)c([N+](=O)[O-])c1. The Bertz CT molecular complexity index is 449. The summed E-state index contributed by atoms with van der Waals surface area (Å²) in [7, 11) is 2.04. The second-order valence-electron chi connectivity index (χ2n) is 5.44. The van der Waals surface area contributed by atoms with Crippen molar-refractivity contribution in [2.45, 2.75) is 39.8 Å². The molecule has 19 heavy (non-hydrogen) atoms. The fourth-order valence-corrected chi connectivity index (χ4v) is 2.29. The Morgan fingerprint density at radius 3 is 2.53 bits per heavy atom. The molecule has 1 aromatic carbocycles. The minimum Gasteiger partial charge on any atom is -0.299 e. The largest absolute Gasteiger partial charge is 0.299 e. The number of rotatable bonds is 6. The van der Waals surface area contributed by atoms with Gasteiger partial charge >= 0.3 is 0 Å². The molecule has 4 nitrogen and oxygen atoms in total. The van der Waals surface area contributed by atoms with E-state index in [4.69, 9.17) is 11.6 Å². The van der Waals surface area contributed by atoms with Gasteiger partial charge in [-0.2, -0.15) is 0 Å². The number of nitro benzene ring substituents is 1. The van der Waals surface area contributed by atoms with Crippen molar-refractivity contribution in [3.05, 3.63) is 38.9 Å². The summed E-state index contributed by atoms with van der Waals surface area (Å²) >= 11 is 5.80. The van der Waals surface area contributed by atoms with E-state index >= 15 is 0 Å². The van der Waals surface area contributed by atoms with Gasteiger partial charge < -0.3 is 0 Å². The van der Waals surface area contributed by atoms with Crippen molar-refractivity contribution < 1.29 is 4.92 Å². The molecule has 0 aromatic heterocycles. The quantitative estimate of drug-likeness (QED) is 0.583. The summed E-state index contributed by atoms with van der Waals surface area (Å²) in [5.74, 6) is 0.636. The third-order valence-electron chi connectivity index (χ3n) is 3.20. The number of hydrogen-bond acceptors (Lipinski definition) is 3. The molecule has 1 atom stereocenters. The summed E-state index contributed by atoms with van der Waals surface area (Å²) in [5, 5.41) is 11.0. The fraction of sp³-hybridized carbons (Fsp3) is 0.571. The molecule has 0 N–H and O–H groups in total. The van der Waals surface area contributed by atoms with E-state index in [2.05, 4.69) is 25.7 Å². The van der Waals surface area contributed by atoms with Gasteiger partial charge in [0.1, 0.15) is 5.02 Å². The van der Waals surface area contributed by atoms with Crippen LogP contribution in [0.1, 0.15) is 32.8 Å². The first kappa shape index (κ1) is 15.9. The minimum atomic E-state index is -0.441. The molecule has 1 rings (SSSR count). The lowest BCUT2D eigenvalue weighted by atomic mass is 10.0. The first-order valence-corrected chi connectivity index (χ1v) is 6.82. The molecule has 1 aromatic rings. The smallest absolute Gasteiger partial charge is 0.288 e. The summed E-state index contributed by atoms with van der Waals surface area (Å²) in [6.07, 6.45) is 1.10. The Labute approximate surface area is 119 Å². The number of nitro groups is 1. The number of halogens is 1. The molecule has 0 heterocycles. The molecule has 0 fully saturated rings. The van der Waals surface area contributed by atoms with E-state index in [0.717, 1.165) is 12.0 Å². The van der Waals surface area contributed by atoms with E-state index in [-0.39, 0.29) is 10.7 Å². The van der Waals surface area contributed by atoms with Gasteiger partial charge in [0.25, 0.3) is 5.69 Å². The van der Waals surface area contributed by atoms with E-state index in [0.29, 0.717) is 18.5 Å². The Morgan fingerprint density at radius 2 is 2.00 bits per heavy atom. The molecular weight excluding hydrogens is 264 g/mol. The third-order valence-corrected chi connectivity index (χ3v) is 3.52. The van der Waals surface area contributed by atoms with Crippen LogP contribution in [0, 0.1) is 16.0 Å². The van der Waals surface area contributed by atoms with E-state index < -0.39 is 4.92 Å². The second-order valence-corrected chi connectivity index (χ2v) is 5.84. The van der Waals surface area contributed by atoms with Gasteiger partial charge in [0.15, 0.2) is 0 Å². The molecule has 0 amide bonds. The van der Waals surface area contributed by atoms with Crippen molar-refractivity contribution in [3.8, 4) is 0 Å². The van der Waals surface area contributed by atoms with Crippen LogP contribution in [0.2, 0.25) is 5.02 Å². The second kappa shape index (κ2) is 6.87. The Morgan fingerprint density at radius 1 is 1.37 bits per heavy atom. The lowest BCUT2D eigenvalue weighted by molar-refractivity contribution is -0.384. The van der Waals surface area contributed by atoms with E-state index in [1.165, 1.54) is 0 Å². The van der Waals surface area contributed by atoms with Crippen molar-refractivity contribution in [1.82, 2.24) is 4.90 Å². The average molecular weight is 285 g/mol. The van der Waals surface area contributed by atoms with Crippen LogP contribution < -0.4 is 0 Å². The summed E-state index contributed by atoms with van der Waals surface area (Å²) in [5.41, 5.74) is 0.887. The summed E-state index contributed by atoms with van der Waals surface area (Å²) in [6, 6.07) is 5.43. The standard InChI is InChI=1S/C14H21ClN2O2/c1-10(2)7-11(3)16(4)9-12-5-6-13(15)14(8-12)17(18)19/h5-6,8,10-11H,7,9H2,1-4H3. The number of hydrogen-bond donors (Lipinski definition) is 0. The molecule has 0 aliphatic rings. The molecule has 1 unspecified atom stereocenters. The van der Waals surface area contributed by atoms with Crippen molar-refractivity contribution in [2.75, 3.05) is 7.05 Å². The zero-order valence-corrected chi connectivity index (χ0v) is 12.6. The highest BCUT2D eigenvalue weighted by Gasteiger charge is 2.15. The maximum Gasteiger partial charge on any atom is 0.288 e. The van der Waals surface area contributed by atoms with Gasteiger partial charge in [-0.3, -0.25) is 15.0 Å². The van der Waals surface area contributed by atoms with Crippen LogP contribution in [0.5, 0.6) is 0 Å². The Hall–Kier alpha value is -1.13. The van der Waals surface area contributed by atoms with E-state index in [1.807, 2.05) is 13.1 Å². The number of nitrogens with zero attached hydrogens (tertiary/aromatic N) is 2. The monoisotopic (exact) mass is 284 g/mol. The van der Waals surface area contributed by atoms with Crippen LogP contribution >= 0.6 is 11.6 Å². The molecule has 0 aliphatic heterocycles. The average Bonchev–Trinajstić information content (AvgIpc) is 2.30. The normalized spacial score (nSPS) is 13.0. The van der Waals surface area contributed by atoms with Crippen LogP contribution in [0.15, 0.2) is 18.2 Å². The number of benzene rings is 1. The molecule has 0 spiro atoms. The minimum absolute atomic E-state index is 0.0240. The van der Waals surface area contributed by atoms with Crippen molar-refractivity contribution in [3.63, 3.8) is 0 Å². The molecule has 5 heteroatoms. The van der Waals surface area contributed by atoms with Gasteiger partial charge in [-0.15, -0.1) is 0 Å². The molecule has 0 radical (unpaired) electrons. The Balaban J connectivity index is 2.77. The highest BCUT2D eigenvalue weighted by Crippen LogP contribution is 2.26. The lowest BCUT2D eigenvalue weighted by Gasteiger charge is -2.26. The maximum absolute atomic E-state index is 10.8. The predicted molar refractivity (Wildman–Crippen MR) is 78.5 cm³/mol. The zero-order chi connectivity index (χ0) is 14.6. The maximum atomic E-state index is 10.8. The zero-order valence-electron chi connectivity index (χ0n) is 11.9. The lowest BCUT2D eigenvalue weighted by Crippen LogP contribution is -2.29. The summed E-state index contributed by atoms with van der Waals surface area (Å²) < 4.78 is 0. The van der Waals surface area contributed by atoms with E-state index in [9.17, 15) is 10.1 Å². The topological polar surface area (TPSA) is 46.4 Å². The highest BCUT2D eigenvalue weighted by atomic mass is 35.5. The van der Waals surface area contributed by atoms with Gasteiger partial charge in [0.2, 0.25) is 0 Å². The van der Waals surface area contributed by atoms with Gasteiger partial charge in [-0.1, -0.05) is 31.5 Å². The molecule has 0 saturated carbocycles. The first-order chi connectivity index (χ1) is 8.81. The molecule has 106 valence electrons. The van der Waals surface area contributed by atoms with Gasteiger partial charge in [-0.05, 0) is 37.9 Å². The van der Waals surface area contributed by atoms with Crippen molar-refractivity contribution in [1.29, 1.82) is 0 Å². The highest BCUT2D eigenvalue weighted by molar-refractivity contribution is 6.32. The van der Waals surface area contributed by atoms with Crippen LogP contribution in [0.4, 0.5) is 5.69 Å². The first-order valence-electron chi connectivity index (χ1n) is 6.44. The molecule has 0 saturated heterocycles. The van der Waals surface area contributed by atoms with E-state index in [1.54, 1.807) is 12.1 Å². The fourth-order valence-electron chi connectivity index (χ4n) is 2.10. The van der Waals surface area contributed by atoms with Gasteiger partial charge in [-0.25, -0.2) is 0 Å². The molecule has 0 bridgehead atoms. The van der Waals surface area contributed by atoms with Crippen LogP contribution in [-0.4, -0.2) is 22.9 Å². The summed E-state index contributed by atoms with van der Waals surface area (Å²) in [6.45, 7) is 7.24. The Kier molecular flexibility index (Phi) is 5.76. The van der Waals surface area contributed by atoms with Crippen LogP contribution in [-0.2, 0) is 6.54 Å². The van der Waals surface area contributed by atoms with Gasteiger partial charge in [0.05, 0.1) is 4.92 Å². The van der Waals surface area contributed by atoms with Crippen molar-refractivity contribution in [2.24, 2.45) is 5.92 Å². The third kappa shape index (κ3) is 4.80. The molecular formula is C14H21ClN2O2. The predicted octanol–water partition coefficient (Wildman–Crippen LogP) is 4.11. The van der Waals surface area contributed by atoms with Crippen LogP contribution in [0.3, 0.4) is 0 Å². The van der Waals surface area contributed by atoms with Crippen LogP contribution in [0.25, 0.3) is 0 Å². The molecule has 0 aliphatic carbocycles.